The van der Waals surface area contributed by atoms with E-state index in [1.54, 1.807) is 18.5 Å². The molecule has 0 saturated heterocycles. The molecule has 8 heteroatoms. The van der Waals surface area contributed by atoms with Gasteiger partial charge in [0.1, 0.15) is 0 Å². The molecule has 1 aliphatic heterocycles. The van der Waals surface area contributed by atoms with E-state index < -0.39 is 21.5 Å². The van der Waals surface area contributed by atoms with E-state index in [2.05, 4.69) is 9.82 Å². The molecule has 1 aromatic heterocycles. The van der Waals surface area contributed by atoms with E-state index in [9.17, 15) is 13.2 Å². The van der Waals surface area contributed by atoms with Crippen LogP contribution in [-0.4, -0.2) is 42.6 Å². The molecule has 0 unspecified atom stereocenters. The van der Waals surface area contributed by atoms with Gasteiger partial charge in [-0.15, -0.1) is 0 Å². The number of aromatic nitrogens is 2. The van der Waals surface area contributed by atoms with Gasteiger partial charge >= 0.3 is 0 Å². The molecule has 2 rings (SSSR count). The molecule has 0 aromatic carbocycles. The molecule has 0 saturated carbocycles. The van der Waals surface area contributed by atoms with E-state index in [-0.39, 0.29) is 5.75 Å². The predicted octanol–water partition coefficient (Wildman–Crippen LogP) is 1.09. The van der Waals surface area contributed by atoms with Crippen molar-refractivity contribution in [1.29, 1.82) is 0 Å². The molecule has 1 aliphatic rings. The number of fused-ring (bicyclic) bond motifs is 1. The van der Waals surface area contributed by atoms with E-state index in [4.69, 9.17) is 4.74 Å². The van der Waals surface area contributed by atoms with Gasteiger partial charge in [-0.2, -0.15) is 5.10 Å². The van der Waals surface area contributed by atoms with Crippen LogP contribution in [0, 0.1) is 0 Å². The van der Waals surface area contributed by atoms with Crippen LogP contribution in [0.25, 0.3) is 0 Å². The number of nitrogens with one attached hydrogen (secondary N) is 1. The Kier molecular flexibility index (Phi) is 4.91. The number of ether oxygens (including phenoxy) is 1. The highest BCUT2D eigenvalue weighted by Crippen LogP contribution is 2.18. The topological polar surface area (TPSA) is 90.3 Å². The predicted molar refractivity (Wildman–Crippen MR) is 82.1 cm³/mol. The van der Waals surface area contributed by atoms with Gasteiger partial charge in [0.15, 0.2) is 0 Å². The zero-order valence-corrected chi connectivity index (χ0v) is 14.1. The fourth-order valence-corrected chi connectivity index (χ4v) is 3.60. The van der Waals surface area contributed by atoms with Crippen LogP contribution in [0.4, 0.5) is 0 Å². The van der Waals surface area contributed by atoms with Gasteiger partial charge in [0, 0.05) is 13.7 Å². The average molecular weight is 329 g/mol. The highest BCUT2D eigenvalue weighted by atomic mass is 32.2. The largest absolute Gasteiger partial charge is 0.379 e. The maximum Gasteiger partial charge on any atom is 0.268 e. The molecule has 0 fully saturated rings. The number of amides is 1. The van der Waals surface area contributed by atoms with Crippen molar-refractivity contribution in [1.82, 2.24) is 14.5 Å². The van der Waals surface area contributed by atoms with Gasteiger partial charge in [-0.25, -0.2) is 13.1 Å². The van der Waals surface area contributed by atoms with Crippen LogP contribution in [0.2, 0.25) is 0 Å². The minimum atomic E-state index is -3.69. The second-order valence-electron chi connectivity index (χ2n) is 6.15. The van der Waals surface area contributed by atoms with E-state index in [1.165, 1.54) is 13.3 Å². The molecule has 1 N–H and O–H groups in total. The minimum absolute atomic E-state index is 0.164. The summed E-state index contributed by atoms with van der Waals surface area (Å²) in [5, 5.41) is 4.15. The van der Waals surface area contributed by atoms with Gasteiger partial charge in [-0.1, -0.05) is 0 Å². The minimum Gasteiger partial charge on any atom is -0.379 e. The van der Waals surface area contributed by atoms with Crippen molar-refractivity contribution in [3.05, 3.63) is 17.5 Å². The monoisotopic (exact) mass is 329 g/mol. The first kappa shape index (κ1) is 17.0. The summed E-state index contributed by atoms with van der Waals surface area (Å²) in [5.74, 6) is -0.762. The Hall–Kier alpha value is -1.41. The summed E-state index contributed by atoms with van der Waals surface area (Å²) in [4.78, 5) is 12.2. The number of methoxy groups -OCH3 is 1. The summed E-state index contributed by atoms with van der Waals surface area (Å²) in [6, 6.07) is 0. The smallest absolute Gasteiger partial charge is 0.268 e. The van der Waals surface area contributed by atoms with Crippen LogP contribution < -0.4 is 4.72 Å². The van der Waals surface area contributed by atoms with Gasteiger partial charge in [-0.05, 0) is 39.5 Å². The van der Waals surface area contributed by atoms with Crippen LogP contribution in [0.1, 0.15) is 49.2 Å². The van der Waals surface area contributed by atoms with Crippen LogP contribution in [0.3, 0.4) is 0 Å². The number of aryl methyl sites for hydroxylation is 1. The SMILES string of the molecule is COC(C)(C)CCS(=O)(=O)NC(=O)c1cnn2c1CCCC2. The van der Waals surface area contributed by atoms with Crippen LogP contribution in [-0.2, 0) is 27.7 Å². The first-order valence-electron chi connectivity index (χ1n) is 7.39. The number of rotatable bonds is 6. The van der Waals surface area contributed by atoms with Crippen LogP contribution in [0.15, 0.2) is 6.20 Å². The van der Waals surface area contributed by atoms with Crippen molar-refractivity contribution in [2.45, 2.75) is 51.7 Å². The normalized spacial score (nSPS) is 15.4. The first-order valence-corrected chi connectivity index (χ1v) is 9.04. The molecule has 0 aliphatic carbocycles. The molecule has 124 valence electrons. The fraction of sp³-hybridized carbons (Fsp3) is 0.714. The lowest BCUT2D eigenvalue weighted by molar-refractivity contribution is 0.0202. The van der Waals surface area contributed by atoms with E-state index >= 15 is 0 Å². The Bertz CT molecular complexity index is 649. The van der Waals surface area contributed by atoms with E-state index in [0.717, 1.165) is 31.5 Å². The maximum atomic E-state index is 12.2. The second kappa shape index (κ2) is 6.37. The van der Waals surface area contributed by atoms with Crippen molar-refractivity contribution < 1.29 is 17.9 Å². The number of carbonyl (C=O) groups is 1. The Morgan fingerprint density at radius 3 is 2.86 bits per heavy atom. The summed E-state index contributed by atoms with van der Waals surface area (Å²) in [7, 11) is -2.16. The summed E-state index contributed by atoms with van der Waals surface area (Å²) in [6.07, 6.45) is 4.52. The summed E-state index contributed by atoms with van der Waals surface area (Å²) in [5.41, 5.74) is 0.625. The Morgan fingerprint density at radius 1 is 1.45 bits per heavy atom. The van der Waals surface area contributed by atoms with E-state index in [1.807, 2.05) is 0 Å². The summed E-state index contributed by atoms with van der Waals surface area (Å²) < 4.78 is 33.2. The van der Waals surface area contributed by atoms with Crippen molar-refractivity contribution >= 4 is 15.9 Å². The Balaban J connectivity index is 2.03. The third-order valence-corrected chi connectivity index (χ3v) is 5.24. The second-order valence-corrected chi connectivity index (χ2v) is 7.99. The van der Waals surface area contributed by atoms with Crippen LogP contribution >= 0.6 is 0 Å². The lowest BCUT2D eigenvalue weighted by atomic mass is 10.1. The molecular weight excluding hydrogens is 306 g/mol. The fourth-order valence-electron chi connectivity index (χ4n) is 2.34. The van der Waals surface area contributed by atoms with Crippen LogP contribution in [0.5, 0.6) is 0 Å². The number of sulfonamides is 1. The van der Waals surface area contributed by atoms with E-state index in [0.29, 0.717) is 12.0 Å². The number of hydrogen-bond acceptors (Lipinski definition) is 5. The molecule has 1 amide bonds. The van der Waals surface area contributed by atoms with Gasteiger partial charge in [0.2, 0.25) is 10.0 Å². The zero-order chi connectivity index (χ0) is 16.4. The number of hydrogen-bond donors (Lipinski definition) is 1. The molecular formula is C14H23N3O4S. The molecule has 0 bridgehead atoms. The molecule has 22 heavy (non-hydrogen) atoms. The maximum absolute atomic E-state index is 12.2. The average Bonchev–Trinajstić information content (AvgIpc) is 2.89. The molecule has 0 spiro atoms. The summed E-state index contributed by atoms with van der Waals surface area (Å²) in [6.45, 7) is 4.38. The highest BCUT2D eigenvalue weighted by Gasteiger charge is 2.25. The first-order chi connectivity index (χ1) is 10.2. The molecule has 1 aromatic rings. The Labute approximate surface area is 131 Å². The molecule has 0 radical (unpaired) electrons. The third kappa shape index (κ3) is 4.07. The van der Waals surface area contributed by atoms with Gasteiger partial charge in [0.25, 0.3) is 5.91 Å². The van der Waals surface area contributed by atoms with Gasteiger partial charge in [-0.3, -0.25) is 9.48 Å². The van der Waals surface area contributed by atoms with Gasteiger partial charge < -0.3 is 4.74 Å². The molecule has 2 heterocycles. The van der Waals surface area contributed by atoms with Crippen molar-refractivity contribution in [3.63, 3.8) is 0 Å². The third-order valence-electron chi connectivity index (χ3n) is 4.00. The Morgan fingerprint density at radius 2 is 2.18 bits per heavy atom. The lowest BCUT2D eigenvalue weighted by Crippen LogP contribution is -2.36. The number of carbonyl (C=O) groups excluding carboxylic acids is 1. The molecule has 0 atom stereocenters. The van der Waals surface area contributed by atoms with Crippen molar-refractivity contribution in [3.8, 4) is 0 Å². The van der Waals surface area contributed by atoms with Crippen molar-refractivity contribution in [2.75, 3.05) is 12.9 Å². The molecule has 7 nitrogen and oxygen atoms in total. The standard InChI is InChI=1S/C14H23N3O4S/c1-14(2,21-3)7-9-22(19,20)16-13(18)11-10-15-17-8-5-4-6-12(11)17/h10H,4-9H2,1-3H3,(H,16,18). The van der Waals surface area contributed by atoms with Crippen molar-refractivity contribution in [2.24, 2.45) is 0 Å². The number of nitrogens with zero attached hydrogens (tertiary/aromatic N) is 2. The zero-order valence-electron chi connectivity index (χ0n) is 13.3. The van der Waals surface area contributed by atoms with Gasteiger partial charge in [0.05, 0.1) is 28.8 Å². The quantitative estimate of drug-likeness (QED) is 0.844. The lowest BCUT2D eigenvalue weighted by Gasteiger charge is -2.22. The summed E-state index contributed by atoms with van der Waals surface area (Å²) >= 11 is 0. The highest BCUT2D eigenvalue weighted by molar-refractivity contribution is 7.90.